The zero-order chi connectivity index (χ0) is 12.0. The molecule has 2 aliphatic rings. The number of nitrogens with one attached hydrogen (secondary N) is 1. The number of halogens is 1. The zero-order valence-electron chi connectivity index (χ0n) is 9.45. The van der Waals surface area contributed by atoms with E-state index in [1.165, 1.54) is 5.56 Å². The van der Waals surface area contributed by atoms with E-state index < -0.39 is 0 Å². The van der Waals surface area contributed by atoms with E-state index in [1.54, 1.807) is 0 Å². The minimum atomic E-state index is -0.189. The Kier molecular flexibility index (Phi) is 2.51. The summed E-state index contributed by atoms with van der Waals surface area (Å²) in [7, 11) is 0. The predicted octanol–water partition coefficient (Wildman–Crippen LogP) is 2.50. The Balaban J connectivity index is 1.98. The SMILES string of the molecule is NC(=O)[C@@H]1CCC[C@@H]2c3cc(Cl)ccc3N[C@H]21. The Morgan fingerprint density at radius 3 is 3.00 bits per heavy atom. The highest BCUT2D eigenvalue weighted by molar-refractivity contribution is 6.30. The molecule has 4 heteroatoms. The summed E-state index contributed by atoms with van der Waals surface area (Å²) in [6.45, 7) is 0. The third-order valence-electron chi connectivity index (χ3n) is 4.00. The number of benzene rings is 1. The van der Waals surface area contributed by atoms with Crippen molar-refractivity contribution >= 4 is 23.2 Å². The fourth-order valence-corrected chi connectivity index (χ4v) is 3.40. The van der Waals surface area contributed by atoms with E-state index in [2.05, 4.69) is 5.32 Å². The maximum absolute atomic E-state index is 11.5. The first-order valence-corrected chi connectivity index (χ1v) is 6.40. The predicted molar refractivity (Wildman–Crippen MR) is 68.1 cm³/mol. The van der Waals surface area contributed by atoms with E-state index in [-0.39, 0.29) is 17.9 Å². The Morgan fingerprint density at radius 2 is 2.24 bits per heavy atom. The number of anilines is 1. The quantitative estimate of drug-likeness (QED) is 0.805. The molecule has 1 saturated carbocycles. The summed E-state index contributed by atoms with van der Waals surface area (Å²) in [6, 6.07) is 6.05. The number of rotatable bonds is 1. The molecule has 0 saturated heterocycles. The van der Waals surface area contributed by atoms with E-state index in [0.717, 1.165) is 30.0 Å². The van der Waals surface area contributed by atoms with Crippen molar-refractivity contribution in [2.24, 2.45) is 11.7 Å². The van der Waals surface area contributed by atoms with Gasteiger partial charge in [-0.2, -0.15) is 0 Å². The molecule has 3 rings (SSSR count). The van der Waals surface area contributed by atoms with Crippen molar-refractivity contribution in [1.29, 1.82) is 0 Å². The van der Waals surface area contributed by atoms with E-state index in [0.29, 0.717) is 5.92 Å². The summed E-state index contributed by atoms with van der Waals surface area (Å²) in [6.07, 6.45) is 3.06. The molecular formula is C13H15ClN2O. The number of fused-ring (bicyclic) bond motifs is 3. The highest BCUT2D eigenvalue weighted by Gasteiger charge is 2.42. The average molecular weight is 251 g/mol. The van der Waals surface area contributed by atoms with Gasteiger partial charge in [0, 0.05) is 22.7 Å². The highest BCUT2D eigenvalue weighted by atomic mass is 35.5. The molecular weight excluding hydrogens is 236 g/mol. The molecule has 3 nitrogen and oxygen atoms in total. The highest BCUT2D eigenvalue weighted by Crippen LogP contribution is 2.46. The smallest absolute Gasteiger partial charge is 0.222 e. The first-order valence-electron chi connectivity index (χ1n) is 6.02. The summed E-state index contributed by atoms with van der Waals surface area (Å²) in [5, 5.41) is 4.19. The number of carbonyl (C=O) groups excluding carboxylic acids is 1. The van der Waals surface area contributed by atoms with Crippen LogP contribution in [0.1, 0.15) is 30.7 Å². The maximum Gasteiger partial charge on any atom is 0.222 e. The molecule has 1 aliphatic carbocycles. The molecule has 1 amide bonds. The van der Waals surface area contributed by atoms with Crippen LogP contribution in [0.25, 0.3) is 0 Å². The van der Waals surface area contributed by atoms with Gasteiger partial charge in [0.1, 0.15) is 0 Å². The molecule has 1 aromatic carbocycles. The lowest BCUT2D eigenvalue weighted by Crippen LogP contribution is -2.41. The van der Waals surface area contributed by atoms with Gasteiger partial charge >= 0.3 is 0 Å². The van der Waals surface area contributed by atoms with Crippen LogP contribution >= 0.6 is 11.6 Å². The summed E-state index contributed by atoms with van der Waals surface area (Å²) < 4.78 is 0. The maximum atomic E-state index is 11.5. The fraction of sp³-hybridized carbons (Fsp3) is 0.462. The number of amides is 1. The number of primary amides is 1. The van der Waals surface area contributed by atoms with Crippen molar-refractivity contribution in [2.75, 3.05) is 5.32 Å². The standard InChI is InChI=1S/C13H15ClN2O/c14-7-4-5-11-10(6-7)8-2-1-3-9(13(15)17)12(8)16-11/h4-6,8-9,12,16H,1-3H2,(H2,15,17)/t8-,9-,12-/m1/s1. The lowest BCUT2D eigenvalue weighted by atomic mass is 9.76. The molecule has 1 aliphatic heterocycles. The van der Waals surface area contributed by atoms with Crippen LogP contribution in [0.3, 0.4) is 0 Å². The van der Waals surface area contributed by atoms with Crippen LogP contribution in [0.4, 0.5) is 5.69 Å². The number of carbonyl (C=O) groups is 1. The Hall–Kier alpha value is -1.22. The van der Waals surface area contributed by atoms with Crippen LogP contribution in [0.2, 0.25) is 5.02 Å². The van der Waals surface area contributed by atoms with Gasteiger partial charge in [-0.05, 0) is 36.6 Å². The molecule has 0 aromatic heterocycles. The van der Waals surface area contributed by atoms with Crippen LogP contribution < -0.4 is 11.1 Å². The first-order chi connectivity index (χ1) is 8.16. The van der Waals surface area contributed by atoms with Crippen molar-refractivity contribution in [3.05, 3.63) is 28.8 Å². The van der Waals surface area contributed by atoms with Crippen LogP contribution in [-0.4, -0.2) is 11.9 Å². The van der Waals surface area contributed by atoms with Crippen molar-refractivity contribution < 1.29 is 4.79 Å². The summed E-state index contributed by atoms with van der Waals surface area (Å²) in [5.74, 6) is 0.140. The number of hydrogen-bond acceptors (Lipinski definition) is 2. The van der Waals surface area contributed by atoms with E-state index in [1.807, 2.05) is 18.2 Å². The molecule has 1 aromatic rings. The summed E-state index contributed by atoms with van der Waals surface area (Å²) in [5.41, 5.74) is 7.84. The van der Waals surface area contributed by atoms with E-state index >= 15 is 0 Å². The van der Waals surface area contributed by atoms with Crippen molar-refractivity contribution in [3.63, 3.8) is 0 Å². The molecule has 0 unspecified atom stereocenters. The van der Waals surface area contributed by atoms with Crippen LogP contribution in [0, 0.1) is 5.92 Å². The normalized spacial score (nSPS) is 30.3. The second kappa shape index (κ2) is 3.91. The monoisotopic (exact) mass is 250 g/mol. The first kappa shape index (κ1) is 10.9. The van der Waals surface area contributed by atoms with Crippen molar-refractivity contribution in [1.82, 2.24) is 0 Å². The average Bonchev–Trinajstić information content (AvgIpc) is 2.66. The van der Waals surface area contributed by atoms with Crippen molar-refractivity contribution in [3.8, 4) is 0 Å². The largest absolute Gasteiger partial charge is 0.381 e. The van der Waals surface area contributed by atoms with Crippen LogP contribution in [0.15, 0.2) is 18.2 Å². The third-order valence-corrected chi connectivity index (χ3v) is 4.23. The molecule has 17 heavy (non-hydrogen) atoms. The Bertz CT molecular complexity index is 474. The van der Waals surface area contributed by atoms with Gasteiger partial charge in [0.05, 0.1) is 5.92 Å². The van der Waals surface area contributed by atoms with Gasteiger partial charge < -0.3 is 11.1 Å². The minimum Gasteiger partial charge on any atom is -0.381 e. The van der Waals surface area contributed by atoms with Gasteiger partial charge in [0.2, 0.25) is 5.91 Å². The molecule has 1 fully saturated rings. The van der Waals surface area contributed by atoms with Gasteiger partial charge in [-0.15, -0.1) is 0 Å². The second-order valence-electron chi connectivity index (χ2n) is 4.95. The minimum absolute atomic E-state index is 0.0556. The topological polar surface area (TPSA) is 55.1 Å². The summed E-state index contributed by atoms with van der Waals surface area (Å²) >= 11 is 6.03. The molecule has 0 bridgehead atoms. The number of nitrogens with two attached hydrogens (primary N) is 1. The van der Waals surface area contributed by atoms with Gasteiger partial charge in [-0.1, -0.05) is 18.0 Å². The third kappa shape index (κ3) is 1.69. The lowest BCUT2D eigenvalue weighted by Gasteiger charge is -2.32. The lowest BCUT2D eigenvalue weighted by molar-refractivity contribution is -0.123. The van der Waals surface area contributed by atoms with Gasteiger partial charge in [0.15, 0.2) is 0 Å². The number of hydrogen-bond donors (Lipinski definition) is 2. The Labute approximate surface area is 105 Å². The zero-order valence-corrected chi connectivity index (χ0v) is 10.2. The molecule has 3 atom stereocenters. The van der Waals surface area contributed by atoms with E-state index in [4.69, 9.17) is 17.3 Å². The molecule has 90 valence electrons. The van der Waals surface area contributed by atoms with Crippen LogP contribution in [0.5, 0.6) is 0 Å². The van der Waals surface area contributed by atoms with Crippen molar-refractivity contribution in [2.45, 2.75) is 31.2 Å². The summed E-state index contributed by atoms with van der Waals surface area (Å²) in [4.78, 5) is 11.5. The van der Waals surface area contributed by atoms with Gasteiger partial charge in [0.25, 0.3) is 0 Å². The molecule has 3 N–H and O–H groups in total. The second-order valence-corrected chi connectivity index (χ2v) is 5.38. The fourth-order valence-electron chi connectivity index (χ4n) is 3.22. The Morgan fingerprint density at radius 1 is 1.41 bits per heavy atom. The molecule has 0 spiro atoms. The van der Waals surface area contributed by atoms with E-state index in [9.17, 15) is 4.79 Å². The van der Waals surface area contributed by atoms with Gasteiger partial charge in [-0.25, -0.2) is 0 Å². The molecule has 0 radical (unpaired) electrons. The van der Waals surface area contributed by atoms with Crippen LogP contribution in [-0.2, 0) is 4.79 Å². The molecule has 1 heterocycles. The van der Waals surface area contributed by atoms with Gasteiger partial charge in [-0.3, -0.25) is 4.79 Å².